The average Bonchev–Trinajstić information content (AvgIpc) is 3.10. The third-order valence-corrected chi connectivity index (χ3v) is 8.88. The van der Waals surface area contributed by atoms with Gasteiger partial charge in [0, 0.05) is 37.2 Å². The van der Waals surface area contributed by atoms with Crippen molar-refractivity contribution in [1.82, 2.24) is 4.90 Å². The molecule has 5 aliphatic rings. The molecule has 3 saturated heterocycles. The lowest BCUT2D eigenvalue weighted by atomic mass is 9.58. The van der Waals surface area contributed by atoms with Gasteiger partial charge >= 0.3 is 5.97 Å². The van der Waals surface area contributed by atoms with Gasteiger partial charge in [-0.1, -0.05) is 29.8 Å². The van der Waals surface area contributed by atoms with Crippen LogP contribution >= 0.6 is 0 Å². The molecule has 1 aromatic heterocycles. The Kier molecular flexibility index (Phi) is 3.70. The second kappa shape index (κ2) is 6.29. The van der Waals surface area contributed by atoms with Crippen LogP contribution in [0, 0.1) is 5.92 Å². The zero-order valence-corrected chi connectivity index (χ0v) is 18.7. The van der Waals surface area contributed by atoms with Gasteiger partial charge in [-0.3, -0.25) is 9.69 Å². The van der Waals surface area contributed by atoms with Gasteiger partial charge in [0.25, 0.3) is 0 Å². The minimum atomic E-state index is -0.868. The maximum atomic E-state index is 13.4. The number of allylic oxidation sites excluding steroid dienone is 1. The Morgan fingerprint density at radius 2 is 2.12 bits per heavy atom. The second-order valence-electron chi connectivity index (χ2n) is 9.89. The van der Waals surface area contributed by atoms with Crippen LogP contribution in [0.2, 0.25) is 0 Å². The molecule has 1 spiro atoms. The molecule has 0 amide bonds. The summed E-state index contributed by atoms with van der Waals surface area (Å²) in [7, 11) is 1.46. The maximum absolute atomic E-state index is 13.4. The third-order valence-electron chi connectivity index (χ3n) is 8.88. The highest BCUT2D eigenvalue weighted by Crippen LogP contribution is 2.66. The van der Waals surface area contributed by atoms with Crippen molar-refractivity contribution in [2.45, 2.75) is 49.4 Å². The smallest absolute Gasteiger partial charge is 0.329 e. The molecule has 2 aromatic rings. The van der Waals surface area contributed by atoms with E-state index in [1.807, 2.05) is 6.07 Å². The first-order chi connectivity index (χ1) is 16.1. The van der Waals surface area contributed by atoms with Crippen LogP contribution in [0.15, 0.2) is 57.5 Å². The first-order valence-electron chi connectivity index (χ1n) is 11.7. The molecule has 33 heavy (non-hydrogen) atoms. The summed E-state index contributed by atoms with van der Waals surface area (Å²) in [6, 6.07) is 9.26. The molecule has 0 radical (unpaired) electrons. The number of ether oxygens (including phenoxy) is 2. The summed E-state index contributed by atoms with van der Waals surface area (Å²) >= 11 is 0. The van der Waals surface area contributed by atoms with Crippen LogP contribution in [0.4, 0.5) is 5.69 Å². The molecule has 170 valence electrons. The van der Waals surface area contributed by atoms with Crippen molar-refractivity contribution in [3.63, 3.8) is 0 Å². The average molecular weight is 447 g/mol. The zero-order valence-electron chi connectivity index (χ0n) is 18.7. The van der Waals surface area contributed by atoms with E-state index in [1.54, 1.807) is 0 Å². The molecule has 3 fully saturated rings. The molecule has 5 aliphatic heterocycles. The number of para-hydroxylation sites is 1. The van der Waals surface area contributed by atoms with Crippen LogP contribution in [0.5, 0.6) is 5.75 Å². The molecule has 6 heterocycles. The van der Waals surface area contributed by atoms with Crippen molar-refractivity contribution in [2.75, 3.05) is 25.1 Å². The summed E-state index contributed by atoms with van der Waals surface area (Å²) in [6.45, 7) is 3.79. The van der Waals surface area contributed by atoms with E-state index in [1.165, 1.54) is 30.6 Å². The lowest BCUT2D eigenvalue weighted by Crippen LogP contribution is -2.83. The number of piperidine rings is 3. The third kappa shape index (κ3) is 2.06. The van der Waals surface area contributed by atoms with Crippen molar-refractivity contribution >= 4 is 11.7 Å². The molecule has 0 aliphatic carbocycles. The minimum Gasteiger partial charge on any atom is -0.467 e. The number of methoxy groups -OCH3 is 1. The van der Waals surface area contributed by atoms with Gasteiger partial charge in [0.2, 0.25) is 16.9 Å². The summed E-state index contributed by atoms with van der Waals surface area (Å²) in [5, 5.41) is 0. The minimum absolute atomic E-state index is 0.0356. The van der Waals surface area contributed by atoms with Crippen molar-refractivity contribution in [1.29, 1.82) is 0 Å². The molecular formula is C26H26N2O5. The van der Waals surface area contributed by atoms with Gasteiger partial charge in [-0.2, -0.15) is 0 Å². The fraction of sp³-hybridized carbons (Fsp3) is 0.462. The van der Waals surface area contributed by atoms with Crippen LogP contribution in [0.3, 0.4) is 0 Å². The number of benzene rings is 1. The quantitative estimate of drug-likeness (QED) is 0.493. The van der Waals surface area contributed by atoms with E-state index in [0.717, 1.165) is 31.6 Å². The highest BCUT2D eigenvalue weighted by Gasteiger charge is 2.77. The summed E-state index contributed by atoms with van der Waals surface area (Å²) in [4.78, 5) is 31.0. The molecule has 5 atom stereocenters. The predicted molar refractivity (Wildman–Crippen MR) is 120 cm³/mol. The van der Waals surface area contributed by atoms with E-state index in [4.69, 9.17) is 13.9 Å². The highest BCUT2D eigenvalue weighted by atomic mass is 16.5. The Labute approximate surface area is 191 Å². The predicted octanol–water partition coefficient (Wildman–Crippen LogP) is 2.62. The Balaban J connectivity index is 1.57. The number of carbonyl (C=O) groups is 1. The molecule has 0 saturated carbocycles. The number of esters is 1. The van der Waals surface area contributed by atoms with Gasteiger partial charge in [-0.15, -0.1) is 0 Å². The molecular weight excluding hydrogens is 420 g/mol. The van der Waals surface area contributed by atoms with Crippen molar-refractivity contribution in [2.24, 2.45) is 5.92 Å². The zero-order chi connectivity index (χ0) is 22.5. The first-order valence-corrected chi connectivity index (χ1v) is 11.7. The number of hydrogen-bond acceptors (Lipinski definition) is 7. The number of anilines is 1. The van der Waals surface area contributed by atoms with Crippen LogP contribution < -0.4 is 15.1 Å². The SMILES string of the molecule is CC=C1CN2CCC34Cc5occc(=O)c5OC35C2CC1C(C(=O)OC)N5c1ccccc14. The summed E-state index contributed by atoms with van der Waals surface area (Å²) in [6.07, 6.45) is 5.83. The molecule has 5 unspecified atom stereocenters. The lowest BCUT2D eigenvalue weighted by molar-refractivity contribution is -0.172. The largest absolute Gasteiger partial charge is 0.467 e. The monoisotopic (exact) mass is 446 g/mol. The summed E-state index contributed by atoms with van der Waals surface area (Å²) in [5.74, 6) is 0.659. The van der Waals surface area contributed by atoms with Gasteiger partial charge in [-0.05, 0) is 31.4 Å². The highest BCUT2D eigenvalue weighted by molar-refractivity contribution is 5.86. The molecule has 7 rings (SSSR count). The normalized spacial score (nSPS) is 36.5. The van der Waals surface area contributed by atoms with Crippen molar-refractivity contribution in [3.05, 3.63) is 69.8 Å². The summed E-state index contributed by atoms with van der Waals surface area (Å²) < 4.78 is 18.2. The van der Waals surface area contributed by atoms with Crippen LogP contribution in [0.1, 0.15) is 31.1 Å². The molecule has 7 heteroatoms. The van der Waals surface area contributed by atoms with E-state index >= 15 is 0 Å². The van der Waals surface area contributed by atoms with E-state index in [9.17, 15) is 9.59 Å². The standard InChI is InChI=1S/C26H26N2O5/c1-3-15-14-27-10-9-25-13-20-23(19(29)8-11-32-20)33-26(25)21(27)12-16(15)22(24(30)31-2)28(26)18-7-5-4-6-17(18)25/h3-8,11,16,21-22H,9-10,12-14H2,1-2H3. The maximum Gasteiger partial charge on any atom is 0.329 e. The topological polar surface area (TPSA) is 72.2 Å². The second-order valence-corrected chi connectivity index (χ2v) is 9.89. The molecule has 0 N–H and O–H groups in total. The number of carbonyl (C=O) groups excluding carboxylic acids is 1. The Bertz CT molecular complexity index is 1280. The van der Waals surface area contributed by atoms with Gasteiger partial charge < -0.3 is 18.8 Å². The van der Waals surface area contributed by atoms with Crippen LogP contribution in [-0.4, -0.2) is 48.9 Å². The number of fused-ring (bicyclic) bond motifs is 4. The Hall–Kier alpha value is -3.06. The van der Waals surface area contributed by atoms with Gasteiger partial charge in [-0.25, -0.2) is 4.79 Å². The van der Waals surface area contributed by atoms with Gasteiger partial charge in [0.1, 0.15) is 6.04 Å². The number of rotatable bonds is 1. The van der Waals surface area contributed by atoms with Gasteiger partial charge in [0.05, 0.1) is 24.8 Å². The van der Waals surface area contributed by atoms with E-state index in [2.05, 4.69) is 41.0 Å². The fourth-order valence-electron chi connectivity index (χ4n) is 7.66. The van der Waals surface area contributed by atoms with Crippen molar-refractivity contribution < 1.29 is 18.7 Å². The van der Waals surface area contributed by atoms with Gasteiger partial charge in [0.15, 0.2) is 5.76 Å². The Morgan fingerprint density at radius 3 is 2.94 bits per heavy atom. The number of hydrogen-bond donors (Lipinski definition) is 0. The molecule has 1 aromatic carbocycles. The fourth-order valence-corrected chi connectivity index (χ4v) is 7.66. The van der Waals surface area contributed by atoms with Crippen molar-refractivity contribution in [3.8, 4) is 5.75 Å². The van der Waals surface area contributed by atoms with Crippen LogP contribution in [-0.2, 0) is 21.4 Å². The Morgan fingerprint density at radius 1 is 1.27 bits per heavy atom. The van der Waals surface area contributed by atoms with E-state index < -0.39 is 17.2 Å². The first kappa shape index (κ1) is 19.4. The van der Waals surface area contributed by atoms with E-state index in [0.29, 0.717) is 12.2 Å². The number of nitrogens with zero attached hydrogens (tertiary/aromatic N) is 2. The molecule has 7 nitrogen and oxygen atoms in total. The lowest BCUT2D eigenvalue weighted by Gasteiger charge is -2.67. The molecule has 2 bridgehead atoms. The van der Waals surface area contributed by atoms with Crippen LogP contribution in [0.25, 0.3) is 0 Å². The van der Waals surface area contributed by atoms with E-state index in [-0.39, 0.29) is 29.1 Å². The summed E-state index contributed by atoms with van der Waals surface area (Å²) in [5.41, 5.74) is 1.98.